The van der Waals surface area contributed by atoms with Gasteiger partial charge in [-0.1, -0.05) is 29.8 Å². The number of fused-ring (bicyclic) bond motifs is 1. The summed E-state index contributed by atoms with van der Waals surface area (Å²) in [5.41, 5.74) is 4.60. The number of hydrogen-bond acceptors (Lipinski definition) is 6. The molecular weight excluding hydrogens is 394 g/mol. The van der Waals surface area contributed by atoms with E-state index in [9.17, 15) is 19.6 Å². The van der Waals surface area contributed by atoms with E-state index in [0.717, 1.165) is 0 Å². The second-order valence-corrected chi connectivity index (χ2v) is 7.40. The van der Waals surface area contributed by atoms with Gasteiger partial charge in [-0.15, -0.1) is 0 Å². The van der Waals surface area contributed by atoms with Gasteiger partial charge in [0, 0.05) is 17.1 Å². The molecule has 2 aliphatic heterocycles. The lowest BCUT2D eigenvalue weighted by atomic mass is 9.66. The molecule has 7 nitrogen and oxygen atoms in total. The number of nitriles is 1. The van der Waals surface area contributed by atoms with E-state index in [1.165, 1.54) is 19.2 Å². The van der Waals surface area contributed by atoms with Gasteiger partial charge in [-0.25, -0.2) is 4.79 Å². The standard InChI is InChI=1S/C21H20ClN3O4/c1-3-29-20(28)18-17(13-4-7-15(22)8-5-13)21(11-23,12(2)26)16-9-6-14(19(24)27)10-25(16)18/h4-10,16-18H,3H2,1-2H3,(H2,24,27)/t16-,17+,18+,21+/m1/s1. The molecule has 2 aliphatic rings. The summed E-state index contributed by atoms with van der Waals surface area (Å²) in [5, 5.41) is 10.7. The average molecular weight is 414 g/mol. The third-order valence-electron chi connectivity index (χ3n) is 5.47. The first-order valence-electron chi connectivity index (χ1n) is 9.09. The monoisotopic (exact) mass is 413 g/mol. The van der Waals surface area contributed by atoms with E-state index in [2.05, 4.69) is 6.07 Å². The zero-order valence-electron chi connectivity index (χ0n) is 16.0. The van der Waals surface area contributed by atoms with E-state index >= 15 is 0 Å². The van der Waals surface area contributed by atoms with Crippen LogP contribution in [0.1, 0.15) is 25.3 Å². The molecule has 0 unspecified atom stereocenters. The highest BCUT2D eigenvalue weighted by Crippen LogP contribution is 2.53. The van der Waals surface area contributed by atoms with Crippen LogP contribution in [-0.4, -0.2) is 41.3 Å². The summed E-state index contributed by atoms with van der Waals surface area (Å²) in [6, 6.07) is 7.08. The quantitative estimate of drug-likeness (QED) is 0.739. The molecule has 1 fully saturated rings. The van der Waals surface area contributed by atoms with Crippen molar-refractivity contribution in [1.82, 2.24) is 4.90 Å². The first kappa shape index (κ1) is 20.6. The Bertz CT molecular complexity index is 963. The van der Waals surface area contributed by atoms with E-state index < -0.39 is 35.3 Å². The maximum atomic E-state index is 13.0. The molecule has 2 heterocycles. The van der Waals surface area contributed by atoms with E-state index in [0.29, 0.717) is 10.6 Å². The molecule has 1 aromatic rings. The Labute approximate surface area is 173 Å². The van der Waals surface area contributed by atoms with Crippen LogP contribution in [-0.2, 0) is 19.1 Å². The van der Waals surface area contributed by atoms with Crippen LogP contribution in [0.5, 0.6) is 0 Å². The van der Waals surface area contributed by atoms with Gasteiger partial charge in [0.1, 0.15) is 11.5 Å². The maximum Gasteiger partial charge on any atom is 0.329 e. The molecule has 8 heteroatoms. The number of carbonyl (C=O) groups excluding carboxylic acids is 3. The van der Waals surface area contributed by atoms with Gasteiger partial charge in [-0.2, -0.15) is 5.26 Å². The van der Waals surface area contributed by atoms with Crippen molar-refractivity contribution in [1.29, 1.82) is 5.26 Å². The molecule has 1 amide bonds. The minimum Gasteiger partial charge on any atom is -0.464 e. The SMILES string of the molecule is CCOC(=O)[C@@H]1[C@H](c2ccc(Cl)cc2)[C@@](C#N)(C(C)=O)[C@H]2C=CC(C(N)=O)=CN12. The van der Waals surface area contributed by atoms with Crippen LogP contribution >= 0.6 is 11.6 Å². The number of nitrogens with zero attached hydrogens (tertiary/aromatic N) is 2. The molecule has 150 valence electrons. The Kier molecular flexibility index (Phi) is 5.49. The largest absolute Gasteiger partial charge is 0.464 e. The number of esters is 1. The lowest BCUT2D eigenvalue weighted by Gasteiger charge is -2.32. The molecule has 0 aromatic heterocycles. The molecule has 29 heavy (non-hydrogen) atoms. The minimum absolute atomic E-state index is 0.128. The zero-order valence-corrected chi connectivity index (χ0v) is 16.7. The number of rotatable bonds is 5. The number of amides is 1. The number of carbonyl (C=O) groups is 3. The fraction of sp³-hybridized carbons (Fsp3) is 0.333. The Morgan fingerprint density at radius 2 is 1.97 bits per heavy atom. The summed E-state index contributed by atoms with van der Waals surface area (Å²) in [5.74, 6) is -2.49. The van der Waals surface area contributed by atoms with Crippen molar-refractivity contribution in [3.8, 4) is 6.07 Å². The number of halogens is 1. The molecular formula is C21H20ClN3O4. The second-order valence-electron chi connectivity index (χ2n) is 6.96. The van der Waals surface area contributed by atoms with Crippen LogP contribution in [0.3, 0.4) is 0 Å². The predicted molar refractivity (Wildman–Crippen MR) is 105 cm³/mol. The van der Waals surface area contributed by atoms with Crippen molar-refractivity contribution >= 4 is 29.3 Å². The van der Waals surface area contributed by atoms with Gasteiger partial charge in [-0.3, -0.25) is 9.59 Å². The lowest BCUT2D eigenvalue weighted by Crippen LogP contribution is -2.43. The fourth-order valence-electron chi connectivity index (χ4n) is 4.21. The first-order chi connectivity index (χ1) is 13.8. The highest BCUT2D eigenvalue weighted by Gasteiger charge is 2.64. The number of Topliss-reactive ketones (excluding diaryl/α,β-unsaturated/α-hetero) is 1. The van der Waals surface area contributed by atoms with E-state index in [-0.39, 0.29) is 18.0 Å². The molecule has 0 radical (unpaired) electrons. The molecule has 3 rings (SSSR count). The molecule has 1 aromatic carbocycles. The Morgan fingerprint density at radius 1 is 1.31 bits per heavy atom. The van der Waals surface area contributed by atoms with E-state index in [1.54, 1.807) is 42.2 Å². The molecule has 0 aliphatic carbocycles. The second kappa shape index (κ2) is 7.72. The summed E-state index contributed by atoms with van der Waals surface area (Å²) in [6.45, 7) is 3.13. The topological polar surface area (TPSA) is 113 Å². The zero-order chi connectivity index (χ0) is 21.3. The van der Waals surface area contributed by atoms with Gasteiger partial charge < -0.3 is 15.4 Å². The van der Waals surface area contributed by atoms with Crippen molar-refractivity contribution < 1.29 is 19.1 Å². The van der Waals surface area contributed by atoms with Gasteiger partial charge in [0.05, 0.1) is 24.3 Å². The van der Waals surface area contributed by atoms with Crippen molar-refractivity contribution in [3.63, 3.8) is 0 Å². The van der Waals surface area contributed by atoms with Crippen molar-refractivity contribution in [2.45, 2.75) is 31.8 Å². The maximum absolute atomic E-state index is 13.0. The first-order valence-corrected chi connectivity index (χ1v) is 9.47. The Morgan fingerprint density at radius 3 is 2.48 bits per heavy atom. The summed E-state index contributed by atoms with van der Waals surface area (Å²) in [7, 11) is 0. The van der Waals surface area contributed by atoms with Crippen LogP contribution in [0.25, 0.3) is 0 Å². The number of hydrogen-bond donors (Lipinski definition) is 1. The predicted octanol–water partition coefficient (Wildman–Crippen LogP) is 2.08. The third-order valence-corrected chi connectivity index (χ3v) is 5.72. The fourth-order valence-corrected chi connectivity index (χ4v) is 4.34. The van der Waals surface area contributed by atoms with Crippen molar-refractivity contribution in [2.75, 3.05) is 6.61 Å². The summed E-state index contributed by atoms with van der Waals surface area (Å²) in [4.78, 5) is 39.1. The molecule has 2 N–H and O–H groups in total. The molecule has 4 atom stereocenters. The van der Waals surface area contributed by atoms with Gasteiger partial charge in [0.15, 0.2) is 5.78 Å². The van der Waals surface area contributed by atoms with E-state index in [4.69, 9.17) is 22.1 Å². The van der Waals surface area contributed by atoms with Crippen LogP contribution in [0, 0.1) is 16.7 Å². The van der Waals surface area contributed by atoms with E-state index in [1.807, 2.05) is 0 Å². The third kappa shape index (κ3) is 3.19. The molecule has 0 saturated carbocycles. The van der Waals surface area contributed by atoms with Gasteiger partial charge in [0.2, 0.25) is 5.91 Å². The van der Waals surface area contributed by atoms with Crippen molar-refractivity contribution in [3.05, 3.63) is 58.8 Å². The van der Waals surface area contributed by atoms with Gasteiger partial charge in [-0.05, 0) is 37.6 Å². The van der Waals surface area contributed by atoms with Crippen LogP contribution in [0.2, 0.25) is 5.02 Å². The lowest BCUT2D eigenvalue weighted by molar-refractivity contribution is -0.148. The van der Waals surface area contributed by atoms with Gasteiger partial charge >= 0.3 is 5.97 Å². The Hall–Kier alpha value is -3.11. The number of benzene rings is 1. The molecule has 0 bridgehead atoms. The average Bonchev–Trinajstić information content (AvgIpc) is 2.99. The molecule has 0 spiro atoms. The smallest absolute Gasteiger partial charge is 0.329 e. The highest BCUT2D eigenvalue weighted by molar-refractivity contribution is 6.30. The number of nitrogens with two attached hydrogens (primary N) is 1. The normalized spacial score (nSPS) is 27.6. The van der Waals surface area contributed by atoms with Crippen LogP contribution < -0.4 is 5.73 Å². The Balaban J connectivity index is 2.28. The van der Waals surface area contributed by atoms with Crippen molar-refractivity contribution in [2.24, 2.45) is 11.1 Å². The number of primary amides is 1. The molecule has 1 saturated heterocycles. The number of ether oxygens (including phenoxy) is 1. The van der Waals surface area contributed by atoms with Crippen LogP contribution in [0.4, 0.5) is 0 Å². The number of ketones is 1. The summed E-state index contributed by atoms with van der Waals surface area (Å²) < 4.78 is 5.27. The summed E-state index contributed by atoms with van der Waals surface area (Å²) >= 11 is 6.00. The van der Waals surface area contributed by atoms with Crippen LogP contribution in [0.15, 0.2) is 48.2 Å². The highest BCUT2D eigenvalue weighted by atomic mass is 35.5. The summed E-state index contributed by atoms with van der Waals surface area (Å²) in [6.07, 6.45) is 4.48. The minimum atomic E-state index is -1.57. The van der Waals surface area contributed by atoms with Gasteiger partial charge in [0.25, 0.3) is 0 Å².